The number of allylic oxidation sites excluding steroid dienone is 1. The molecule has 182 valence electrons. The lowest BCUT2D eigenvalue weighted by Crippen LogP contribution is -2.59. The SMILES string of the molecule is CC(C)[Si](O[C@@H]1[C@H]2C3=C(C(=O)C[C@H]2C(=O)[C@@]2(C)O[C@@H]12)c1c(O)cccc1C3=O)(C(C)C)C(C)C. The molecule has 5 atom stereocenters. The zero-order chi connectivity index (χ0) is 24.9. The van der Waals surface area contributed by atoms with Crippen LogP contribution in [0.25, 0.3) is 5.57 Å². The van der Waals surface area contributed by atoms with Crippen molar-refractivity contribution in [1.29, 1.82) is 0 Å². The predicted octanol–water partition coefficient (Wildman–Crippen LogP) is 4.85. The van der Waals surface area contributed by atoms with Gasteiger partial charge in [0.15, 0.2) is 23.0 Å². The summed E-state index contributed by atoms with van der Waals surface area (Å²) in [6.07, 6.45) is -0.907. The van der Waals surface area contributed by atoms with Crippen molar-refractivity contribution in [2.75, 3.05) is 0 Å². The highest BCUT2D eigenvalue weighted by Crippen LogP contribution is 2.60. The van der Waals surface area contributed by atoms with E-state index in [9.17, 15) is 19.5 Å². The first-order valence-corrected chi connectivity index (χ1v) is 14.6. The molecule has 0 amide bonds. The third kappa shape index (κ3) is 2.83. The highest BCUT2D eigenvalue weighted by atomic mass is 28.4. The Kier molecular flexibility index (Phi) is 5.18. The first-order chi connectivity index (χ1) is 15.9. The van der Waals surface area contributed by atoms with Gasteiger partial charge in [0.1, 0.15) is 11.9 Å². The van der Waals surface area contributed by atoms with E-state index < -0.39 is 38.0 Å². The van der Waals surface area contributed by atoms with Gasteiger partial charge in [0.05, 0.1) is 6.10 Å². The molecule has 4 aliphatic rings. The number of carbonyl (C=O) groups excluding carboxylic acids is 3. The molecule has 1 N–H and O–H groups in total. The summed E-state index contributed by atoms with van der Waals surface area (Å²) in [7, 11) is -2.39. The minimum absolute atomic E-state index is 0.00844. The lowest BCUT2D eigenvalue weighted by Gasteiger charge is -2.49. The van der Waals surface area contributed by atoms with Crippen molar-refractivity contribution in [1.82, 2.24) is 0 Å². The van der Waals surface area contributed by atoms with Crippen LogP contribution in [0.1, 0.15) is 70.8 Å². The quantitative estimate of drug-likeness (QED) is 0.476. The highest BCUT2D eigenvalue weighted by Gasteiger charge is 2.73. The molecule has 1 saturated heterocycles. The van der Waals surface area contributed by atoms with Crippen LogP contribution in [-0.4, -0.2) is 48.6 Å². The fourth-order valence-corrected chi connectivity index (χ4v) is 13.0. The van der Waals surface area contributed by atoms with Gasteiger partial charge >= 0.3 is 0 Å². The molecule has 6 nitrogen and oxygen atoms in total. The van der Waals surface area contributed by atoms with E-state index in [-0.39, 0.29) is 35.1 Å². The topological polar surface area (TPSA) is 93.2 Å². The molecule has 0 unspecified atom stereocenters. The van der Waals surface area contributed by atoms with Crippen molar-refractivity contribution < 1.29 is 28.7 Å². The molecule has 1 aromatic rings. The average molecular weight is 483 g/mol. The van der Waals surface area contributed by atoms with Gasteiger partial charge < -0.3 is 14.3 Å². The van der Waals surface area contributed by atoms with Crippen LogP contribution in [0.3, 0.4) is 0 Å². The van der Waals surface area contributed by atoms with E-state index >= 15 is 0 Å². The Bertz CT molecular complexity index is 1130. The minimum Gasteiger partial charge on any atom is -0.507 e. The lowest BCUT2D eigenvalue weighted by molar-refractivity contribution is -0.134. The van der Waals surface area contributed by atoms with E-state index in [0.29, 0.717) is 33.3 Å². The summed E-state index contributed by atoms with van der Waals surface area (Å²) in [5.74, 6) is -1.94. The number of aromatic hydroxyl groups is 1. The van der Waals surface area contributed by atoms with Gasteiger partial charge in [-0.25, -0.2) is 0 Å². The Labute approximate surface area is 201 Å². The van der Waals surface area contributed by atoms with Gasteiger partial charge in [-0.15, -0.1) is 0 Å². The smallest absolute Gasteiger partial charge is 0.200 e. The Morgan fingerprint density at radius 2 is 1.68 bits per heavy atom. The second-order valence-corrected chi connectivity index (χ2v) is 16.9. The molecule has 3 aliphatic carbocycles. The molecule has 1 saturated carbocycles. The van der Waals surface area contributed by atoms with Crippen molar-refractivity contribution in [2.24, 2.45) is 11.8 Å². The molecule has 0 bridgehead atoms. The van der Waals surface area contributed by atoms with Crippen LogP contribution in [-0.2, 0) is 18.8 Å². The zero-order valence-corrected chi connectivity index (χ0v) is 22.0. The van der Waals surface area contributed by atoms with Crippen molar-refractivity contribution >= 4 is 31.2 Å². The van der Waals surface area contributed by atoms with Gasteiger partial charge in [-0.3, -0.25) is 14.4 Å². The van der Waals surface area contributed by atoms with E-state index in [1.54, 1.807) is 19.1 Å². The molecular weight excluding hydrogens is 448 g/mol. The van der Waals surface area contributed by atoms with Crippen molar-refractivity contribution in [2.45, 2.75) is 89.3 Å². The standard InChI is InChI=1S/C27H34O6Si/c1-12(2)34(13(3)4,14(5)6)33-24-20-16(25(31)27(7)26(24)32-27)11-18(29)21-19-15(23(30)22(20)21)9-8-10-17(19)28/h8-10,12-14,16,20,24,26,28H,11H2,1-7H3/t16-,20-,24-,26+,27-/m1/s1. The molecular formula is C27H34O6Si. The Morgan fingerprint density at radius 3 is 2.26 bits per heavy atom. The largest absolute Gasteiger partial charge is 0.507 e. The monoisotopic (exact) mass is 482 g/mol. The molecule has 7 heteroatoms. The predicted molar refractivity (Wildman–Crippen MR) is 130 cm³/mol. The first-order valence-electron chi connectivity index (χ1n) is 12.4. The van der Waals surface area contributed by atoms with E-state index in [4.69, 9.17) is 9.16 Å². The number of phenols is 1. The summed E-state index contributed by atoms with van der Waals surface area (Å²) in [4.78, 5) is 40.5. The van der Waals surface area contributed by atoms with E-state index in [1.165, 1.54) is 6.07 Å². The molecule has 0 radical (unpaired) electrons. The van der Waals surface area contributed by atoms with Gasteiger partial charge in [-0.2, -0.15) is 0 Å². The number of ketones is 3. The third-order valence-corrected chi connectivity index (χ3v) is 15.0. The number of carbonyl (C=O) groups is 3. The van der Waals surface area contributed by atoms with Crippen LogP contribution < -0.4 is 0 Å². The van der Waals surface area contributed by atoms with Gasteiger partial charge in [-0.05, 0) is 29.6 Å². The Morgan fingerprint density at radius 1 is 1.06 bits per heavy atom. The number of hydrogen-bond acceptors (Lipinski definition) is 6. The number of benzene rings is 1. The number of phenolic OH excluding ortho intramolecular Hbond substituents is 1. The molecule has 1 aliphatic heterocycles. The molecule has 1 heterocycles. The van der Waals surface area contributed by atoms with Crippen LogP contribution in [0.2, 0.25) is 16.6 Å². The fraction of sp³-hybridized carbons (Fsp3) is 0.593. The van der Waals surface area contributed by atoms with Crippen LogP contribution in [0, 0.1) is 11.8 Å². The van der Waals surface area contributed by atoms with Crippen molar-refractivity contribution in [3.8, 4) is 5.75 Å². The van der Waals surface area contributed by atoms with Gasteiger partial charge in [-0.1, -0.05) is 53.7 Å². The van der Waals surface area contributed by atoms with Crippen LogP contribution in [0.4, 0.5) is 0 Å². The fourth-order valence-electron chi connectivity index (χ4n) is 7.42. The number of ether oxygens (including phenoxy) is 1. The maximum Gasteiger partial charge on any atom is 0.200 e. The molecule has 5 rings (SSSR count). The Balaban J connectivity index is 1.69. The molecule has 1 aromatic carbocycles. The number of hydrogen-bond donors (Lipinski definition) is 1. The first kappa shape index (κ1) is 23.6. The van der Waals surface area contributed by atoms with Crippen LogP contribution in [0.5, 0.6) is 5.75 Å². The molecule has 2 fully saturated rings. The summed E-state index contributed by atoms with van der Waals surface area (Å²) in [5, 5.41) is 10.6. The third-order valence-electron chi connectivity index (χ3n) is 8.89. The second-order valence-electron chi connectivity index (χ2n) is 11.5. The van der Waals surface area contributed by atoms with Gasteiger partial charge in [0, 0.05) is 40.5 Å². The van der Waals surface area contributed by atoms with Gasteiger partial charge in [0.2, 0.25) is 8.32 Å². The minimum atomic E-state index is -2.39. The second kappa shape index (κ2) is 7.45. The summed E-state index contributed by atoms with van der Waals surface area (Å²) in [5.41, 5.74) is 1.22. The Hall–Kier alpha value is -2.09. The molecule has 34 heavy (non-hydrogen) atoms. The summed E-state index contributed by atoms with van der Waals surface area (Å²) in [6.45, 7) is 15.0. The van der Waals surface area contributed by atoms with E-state index in [1.807, 2.05) is 0 Å². The van der Waals surface area contributed by atoms with Gasteiger partial charge in [0.25, 0.3) is 0 Å². The average Bonchev–Trinajstić information content (AvgIpc) is 3.36. The molecule has 0 spiro atoms. The highest BCUT2D eigenvalue weighted by molar-refractivity contribution is 6.77. The van der Waals surface area contributed by atoms with Crippen LogP contribution >= 0.6 is 0 Å². The summed E-state index contributed by atoms with van der Waals surface area (Å²) < 4.78 is 13.3. The normalized spacial score (nSPS) is 32.4. The summed E-state index contributed by atoms with van der Waals surface area (Å²) in [6, 6.07) is 4.75. The number of fused-ring (bicyclic) bond motifs is 5. The number of epoxide rings is 1. The van der Waals surface area contributed by atoms with Crippen molar-refractivity contribution in [3.05, 3.63) is 34.9 Å². The maximum atomic E-state index is 13.7. The van der Waals surface area contributed by atoms with E-state index in [0.717, 1.165) is 0 Å². The van der Waals surface area contributed by atoms with Crippen LogP contribution in [0.15, 0.2) is 23.8 Å². The zero-order valence-electron chi connectivity index (χ0n) is 21.0. The number of rotatable bonds is 5. The van der Waals surface area contributed by atoms with E-state index in [2.05, 4.69) is 41.5 Å². The lowest BCUT2D eigenvalue weighted by atomic mass is 9.63. The number of Topliss-reactive ketones (excluding diaryl/α,β-unsaturated/α-hetero) is 3. The van der Waals surface area contributed by atoms with Crippen molar-refractivity contribution in [3.63, 3.8) is 0 Å². The summed E-state index contributed by atoms with van der Waals surface area (Å²) >= 11 is 0. The molecule has 0 aromatic heterocycles. The maximum absolute atomic E-state index is 13.7.